The molecule has 0 bridgehead atoms. The molecule has 1 aromatic carbocycles. The van der Waals surface area contributed by atoms with E-state index in [1.54, 1.807) is 0 Å². The summed E-state index contributed by atoms with van der Waals surface area (Å²) in [7, 11) is 0. The highest BCUT2D eigenvalue weighted by atomic mass is 16.6. The molecule has 0 radical (unpaired) electrons. The van der Waals surface area contributed by atoms with E-state index in [1.165, 1.54) is 20.8 Å². The quantitative estimate of drug-likeness (QED) is 0.588. The second-order valence-corrected chi connectivity index (χ2v) is 5.64. The number of nitrogens with zero attached hydrogens (tertiary/aromatic N) is 5. The number of rotatable bonds is 6. The third kappa shape index (κ3) is 3.70. The topological polar surface area (TPSA) is 176 Å². The summed E-state index contributed by atoms with van der Waals surface area (Å²) in [5, 5.41) is 39.2. The third-order valence-corrected chi connectivity index (χ3v) is 3.98. The van der Waals surface area contributed by atoms with Crippen molar-refractivity contribution in [3.05, 3.63) is 59.9 Å². The Hall–Kier alpha value is -3.90. The molecule has 0 aliphatic rings. The normalized spacial score (nSPS) is 11.7. The number of carbonyl (C=O) groups excluding carboxylic acids is 1. The SMILES string of the molecule is Cc1c([N+](=O)[O-])cc(NC(=O)C(C)n2ncc([N+](=O)[O-])c2C)cc1[N+](=O)[O-]. The number of anilines is 1. The lowest BCUT2D eigenvalue weighted by Gasteiger charge is -2.14. The van der Waals surface area contributed by atoms with E-state index in [0.29, 0.717) is 0 Å². The molecule has 13 nitrogen and oxygen atoms in total. The van der Waals surface area contributed by atoms with E-state index in [9.17, 15) is 35.1 Å². The number of nitrogens with one attached hydrogen (secondary N) is 1. The zero-order chi connectivity index (χ0) is 20.5. The summed E-state index contributed by atoms with van der Waals surface area (Å²) in [5.41, 5.74) is -1.44. The van der Waals surface area contributed by atoms with Crippen molar-refractivity contribution in [1.82, 2.24) is 9.78 Å². The largest absolute Gasteiger partial charge is 0.324 e. The summed E-state index contributed by atoms with van der Waals surface area (Å²) in [5.74, 6) is -0.705. The molecule has 0 aliphatic carbocycles. The number of carbonyl (C=O) groups is 1. The molecule has 2 rings (SSSR count). The van der Waals surface area contributed by atoms with Crippen LogP contribution in [0.2, 0.25) is 0 Å². The molecule has 0 saturated carbocycles. The monoisotopic (exact) mass is 378 g/mol. The molecule has 1 heterocycles. The second kappa shape index (κ2) is 7.15. The first kappa shape index (κ1) is 19.4. The van der Waals surface area contributed by atoms with Crippen molar-refractivity contribution in [2.45, 2.75) is 26.8 Å². The van der Waals surface area contributed by atoms with Crippen LogP contribution < -0.4 is 5.32 Å². The van der Waals surface area contributed by atoms with Gasteiger partial charge in [-0.2, -0.15) is 5.10 Å². The van der Waals surface area contributed by atoms with E-state index in [-0.39, 0.29) is 22.6 Å². The Morgan fingerprint density at radius 3 is 1.93 bits per heavy atom. The lowest BCUT2D eigenvalue weighted by Crippen LogP contribution is -2.25. The minimum absolute atomic E-state index is 0.142. The molecule has 1 atom stereocenters. The van der Waals surface area contributed by atoms with Gasteiger partial charge in [-0.15, -0.1) is 0 Å². The first-order valence-corrected chi connectivity index (χ1v) is 7.47. The Morgan fingerprint density at radius 1 is 1.04 bits per heavy atom. The first-order chi connectivity index (χ1) is 12.5. The zero-order valence-electron chi connectivity index (χ0n) is 14.4. The van der Waals surface area contributed by atoms with Crippen molar-refractivity contribution in [3.8, 4) is 0 Å². The lowest BCUT2D eigenvalue weighted by atomic mass is 10.1. The van der Waals surface area contributed by atoms with Crippen LogP contribution in [0.5, 0.6) is 0 Å². The molecule has 2 aromatic rings. The van der Waals surface area contributed by atoms with Crippen LogP contribution in [0.15, 0.2) is 18.3 Å². The molecule has 1 unspecified atom stereocenters. The molecule has 0 saturated heterocycles. The van der Waals surface area contributed by atoms with Crippen LogP contribution in [0.1, 0.15) is 24.2 Å². The van der Waals surface area contributed by atoms with Gasteiger partial charge < -0.3 is 5.32 Å². The number of nitro groups is 3. The van der Waals surface area contributed by atoms with Crippen molar-refractivity contribution in [1.29, 1.82) is 0 Å². The Labute approximate surface area is 151 Å². The summed E-state index contributed by atoms with van der Waals surface area (Å²) in [6, 6.07) is 1.01. The van der Waals surface area contributed by atoms with Crippen LogP contribution in [0, 0.1) is 44.2 Å². The predicted molar refractivity (Wildman–Crippen MR) is 91.4 cm³/mol. The van der Waals surface area contributed by atoms with Crippen molar-refractivity contribution in [3.63, 3.8) is 0 Å². The highest BCUT2D eigenvalue weighted by molar-refractivity contribution is 5.94. The Balaban J connectivity index is 2.36. The summed E-state index contributed by atoms with van der Waals surface area (Å²) in [6.45, 7) is 4.06. The Kier molecular flexibility index (Phi) is 5.14. The standard InChI is InChI=1S/C14H14N6O7/c1-7-11(18(22)23)4-10(5-12(7)19(24)25)16-14(21)9(3)17-8(2)13(6-15-17)20(26)27/h4-6,9H,1-3H3,(H,16,21). The van der Waals surface area contributed by atoms with Gasteiger partial charge in [0.2, 0.25) is 5.91 Å². The molecule has 13 heteroatoms. The fraction of sp³-hybridized carbons (Fsp3) is 0.286. The highest BCUT2D eigenvalue weighted by Crippen LogP contribution is 2.32. The van der Waals surface area contributed by atoms with Crippen molar-refractivity contribution < 1.29 is 19.6 Å². The molecule has 1 N–H and O–H groups in total. The molecular weight excluding hydrogens is 364 g/mol. The molecule has 0 aliphatic heterocycles. The van der Waals surface area contributed by atoms with Crippen LogP contribution >= 0.6 is 0 Å². The lowest BCUT2D eigenvalue weighted by molar-refractivity contribution is -0.395. The smallest absolute Gasteiger partial charge is 0.309 e. The van der Waals surface area contributed by atoms with Gasteiger partial charge in [0.15, 0.2) is 0 Å². The Morgan fingerprint density at radius 2 is 1.52 bits per heavy atom. The van der Waals surface area contributed by atoms with E-state index in [0.717, 1.165) is 23.0 Å². The van der Waals surface area contributed by atoms with Crippen molar-refractivity contribution in [2.24, 2.45) is 0 Å². The van der Waals surface area contributed by atoms with Gasteiger partial charge in [-0.1, -0.05) is 0 Å². The molecule has 142 valence electrons. The molecular formula is C14H14N6O7. The summed E-state index contributed by atoms with van der Waals surface area (Å²) < 4.78 is 1.12. The predicted octanol–water partition coefficient (Wildman–Crippen LogP) is 2.42. The minimum atomic E-state index is -1.00. The van der Waals surface area contributed by atoms with Crippen LogP contribution in [-0.4, -0.2) is 30.5 Å². The first-order valence-electron chi connectivity index (χ1n) is 7.47. The van der Waals surface area contributed by atoms with Gasteiger partial charge in [0.25, 0.3) is 11.4 Å². The molecule has 1 aromatic heterocycles. The molecule has 0 fully saturated rings. The maximum Gasteiger partial charge on any atom is 0.309 e. The fourth-order valence-electron chi connectivity index (χ4n) is 2.48. The minimum Gasteiger partial charge on any atom is -0.324 e. The fourth-order valence-corrected chi connectivity index (χ4v) is 2.48. The van der Waals surface area contributed by atoms with E-state index >= 15 is 0 Å². The third-order valence-electron chi connectivity index (χ3n) is 3.98. The number of hydrogen-bond donors (Lipinski definition) is 1. The van der Waals surface area contributed by atoms with Crippen LogP contribution in [0.3, 0.4) is 0 Å². The van der Waals surface area contributed by atoms with Gasteiger partial charge in [0.1, 0.15) is 23.5 Å². The van der Waals surface area contributed by atoms with Crippen molar-refractivity contribution in [2.75, 3.05) is 5.32 Å². The van der Waals surface area contributed by atoms with E-state index in [2.05, 4.69) is 10.4 Å². The number of hydrogen-bond acceptors (Lipinski definition) is 8. The van der Waals surface area contributed by atoms with Gasteiger partial charge >= 0.3 is 5.69 Å². The van der Waals surface area contributed by atoms with Gasteiger partial charge in [-0.05, 0) is 20.8 Å². The van der Waals surface area contributed by atoms with E-state index in [1.807, 2.05) is 0 Å². The molecule has 27 heavy (non-hydrogen) atoms. The summed E-state index contributed by atoms with van der Waals surface area (Å²) >= 11 is 0. The molecule has 1 amide bonds. The maximum atomic E-state index is 12.4. The highest BCUT2D eigenvalue weighted by Gasteiger charge is 2.27. The number of benzene rings is 1. The van der Waals surface area contributed by atoms with Crippen LogP contribution in [0.4, 0.5) is 22.7 Å². The van der Waals surface area contributed by atoms with E-state index < -0.39 is 38.1 Å². The number of amides is 1. The van der Waals surface area contributed by atoms with Gasteiger partial charge in [0.05, 0.1) is 20.5 Å². The zero-order valence-corrected chi connectivity index (χ0v) is 14.4. The average Bonchev–Trinajstić information content (AvgIpc) is 2.96. The van der Waals surface area contributed by atoms with E-state index in [4.69, 9.17) is 0 Å². The van der Waals surface area contributed by atoms with Gasteiger partial charge in [0, 0.05) is 12.1 Å². The number of nitro benzene ring substituents is 2. The molecule has 0 spiro atoms. The summed E-state index contributed by atoms with van der Waals surface area (Å²) in [6.07, 6.45) is 1.00. The maximum absolute atomic E-state index is 12.4. The Bertz CT molecular complexity index is 932. The number of aromatic nitrogens is 2. The van der Waals surface area contributed by atoms with Gasteiger partial charge in [-0.25, -0.2) is 0 Å². The van der Waals surface area contributed by atoms with Crippen LogP contribution in [-0.2, 0) is 4.79 Å². The summed E-state index contributed by atoms with van der Waals surface area (Å²) in [4.78, 5) is 43.3. The van der Waals surface area contributed by atoms with Gasteiger partial charge in [-0.3, -0.25) is 39.8 Å². The second-order valence-electron chi connectivity index (χ2n) is 5.64. The van der Waals surface area contributed by atoms with Crippen molar-refractivity contribution >= 4 is 28.7 Å². The van der Waals surface area contributed by atoms with Crippen LogP contribution in [0.25, 0.3) is 0 Å². The average molecular weight is 378 g/mol.